The average Bonchev–Trinajstić information content (AvgIpc) is 2.85. The van der Waals surface area contributed by atoms with Crippen LogP contribution in [0.2, 0.25) is 5.02 Å². The third-order valence-electron chi connectivity index (χ3n) is 6.02. The predicted octanol–water partition coefficient (Wildman–Crippen LogP) is 4.39. The Morgan fingerprint density at radius 3 is 2.24 bits per heavy atom. The van der Waals surface area contributed by atoms with E-state index in [9.17, 15) is 9.59 Å². The molecule has 0 bridgehead atoms. The minimum Gasteiger partial charge on any atom is -0.355 e. The molecule has 4 N–H and O–H groups in total. The number of urea groups is 1. The van der Waals surface area contributed by atoms with Gasteiger partial charge in [-0.15, -0.1) is 0 Å². The normalized spacial score (nSPS) is 17.7. The van der Waals surface area contributed by atoms with E-state index in [0.717, 1.165) is 11.1 Å². The predicted molar refractivity (Wildman–Crippen MR) is 136 cm³/mol. The minimum atomic E-state index is -0.316. The molecule has 2 atom stereocenters. The SMILES string of the molecule is O=C(Nc1cccc(Cl)c1)NC1CNCC(C(=O)NCC(c2ccccc2)c2ccccc2)C1. The van der Waals surface area contributed by atoms with Crippen molar-refractivity contribution >= 4 is 29.2 Å². The number of anilines is 1. The maximum Gasteiger partial charge on any atom is 0.319 e. The summed E-state index contributed by atoms with van der Waals surface area (Å²) in [6, 6.07) is 26.9. The summed E-state index contributed by atoms with van der Waals surface area (Å²) in [7, 11) is 0. The Morgan fingerprint density at radius 1 is 0.912 bits per heavy atom. The van der Waals surface area contributed by atoms with Gasteiger partial charge in [0.05, 0.1) is 5.92 Å². The standard InChI is InChI=1S/C27H29ClN4O2/c28-22-12-7-13-23(15-22)31-27(34)32-24-14-21(16-29-17-24)26(33)30-18-25(19-8-3-1-4-9-19)20-10-5-2-6-11-20/h1-13,15,21,24-25,29H,14,16-18H2,(H,30,33)(H2,31,32,34). The minimum absolute atomic E-state index is 0.00823. The van der Waals surface area contributed by atoms with Crippen molar-refractivity contribution in [2.24, 2.45) is 5.92 Å². The van der Waals surface area contributed by atoms with Crippen molar-refractivity contribution in [2.45, 2.75) is 18.4 Å². The Bertz CT molecular complexity index is 1050. The molecule has 3 amide bonds. The summed E-state index contributed by atoms with van der Waals surface area (Å²) in [5, 5.41) is 12.7. The number of carbonyl (C=O) groups is 2. The van der Waals surface area contributed by atoms with Gasteiger partial charge in [0.15, 0.2) is 0 Å². The monoisotopic (exact) mass is 476 g/mol. The van der Waals surface area contributed by atoms with E-state index >= 15 is 0 Å². The highest BCUT2D eigenvalue weighted by molar-refractivity contribution is 6.30. The zero-order chi connectivity index (χ0) is 23.8. The molecular formula is C27H29ClN4O2. The molecule has 176 valence electrons. The van der Waals surface area contributed by atoms with Gasteiger partial charge in [-0.1, -0.05) is 78.3 Å². The smallest absolute Gasteiger partial charge is 0.319 e. The summed E-state index contributed by atoms with van der Waals surface area (Å²) in [6.45, 7) is 1.71. The molecule has 0 spiro atoms. The van der Waals surface area contributed by atoms with Gasteiger partial charge in [0, 0.05) is 42.3 Å². The van der Waals surface area contributed by atoms with Crippen LogP contribution in [0.3, 0.4) is 0 Å². The average molecular weight is 477 g/mol. The molecule has 0 saturated carbocycles. The molecule has 6 nitrogen and oxygen atoms in total. The highest BCUT2D eigenvalue weighted by Gasteiger charge is 2.28. The van der Waals surface area contributed by atoms with Crippen molar-refractivity contribution in [3.05, 3.63) is 101 Å². The second kappa shape index (κ2) is 11.7. The van der Waals surface area contributed by atoms with Gasteiger partial charge in [-0.25, -0.2) is 4.79 Å². The first-order valence-electron chi connectivity index (χ1n) is 11.5. The van der Waals surface area contributed by atoms with Crippen molar-refractivity contribution in [2.75, 3.05) is 25.0 Å². The lowest BCUT2D eigenvalue weighted by Gasteiger charge is -2.30. The van der Waals surface area contributed by atoms with Gasteiger partial charge in [0.1, 0.15) is 0 Å². The number of hydrogen-bond acceptors (Lipinski definition) is 3. The lowest BCUT2D eigenvalue weighted by Crippen LogP contribution is -2.53. The number of hydrogen-bond donors (Lipinski definition) is 4. The van der Waals surface area contributed by atoms with Gasteiger partial charge >= 0.3 is 6.03 Å². The zero-order valence-corrected chi connectivity index (χ0v) is 19.6. The van der Waals surface area contributed by atoms with Crippen molar-refractivity contribution in [3.8, 4) is 0 Å². The fraction of sp³-hybridized carbons (Fsp3) is 0.259. The third kappa shape index (κ3) is 6.59. The highest BCUT2D eigenvalue weighted by Crippen LogP contribution is 2.24. The summed E-state index contributed by atoms with van der Waals surface area (Å²) in [4.78, 5) is 25.4. The Balaban J connectivity index is 1.33. The van der Waals surface area contributed by atoms with Crippen LogP contribution in [0.15, 0.2) is 84.9 Å². The van der Waals surface area contributed by atoms with Crippen LogP contribution in [0, 0.1) is 5.92 Å². The number of rotatable bonds is 7. The topological polar surface area (TPSA) is 82.3 Å². The van der Waals surface area contributed by atoms with E-state index in [0.29, 0.717) is 36.8 Å². The van der Waals surface area contributed by atoms with Crippen LogP contribution in [0.1, 0.15) is 23.5 Å². The number of amides is 3. The molecular weight excluding hydrogens is 448 g/mol. The summed E-state index contributed by atoms with van der Waals surface area (Å²) < 4.78 is 0. The first-order valence-corrected chi connectivity index (χ1v) is 11.9. The number of halogens is 1. The molecule has 3 aromatic carbocycles. The first-order chi connectivity index (χ1) is 16.6. The Labute approximate surface area is 205 Å². The van der Waals surface area contributed by atoms with E-state index in [-0.39, 0.29) is 29.8 Å². The van der Waals surface area contributed by atoms with E-state index in [1.807, 2.05) is 36.4 Å². The Morgan fingerprint density at radius 2 is 1.59 bits per heavy atom. The van der Waals surface area contributed by atoms with E-state index in [4.69, 9.17) is 11.6 Å². The number of nitrogens with one attached hydrogen (secondary N) is 4. The first kappa shape index (κ1) is 23.8. The maximum atomic E-state index is 13.0. The van der Waals surface area contributed by atoms with E-state index in [1.165, 1.54) is 0 Å². The van der Waals surface area contributed by atoms with Gasteiger partial charge < -0.3 is 21.3 Å². The van der Waals surface area contributed by atoms with Gasteiger partial charge in [-0.3, -0.25) is 4.79 Å². The molecule has 1 fully saturated rings. The Kier molecular flexibility index (Phi) is 8.17. The van der Waals surface area contributed by atoms with Gasteiger partial charge in [-0.05, 0) is 35.7 Å². The summed E-state index contributed by atoms with van der Waals surface area (Å²) in [5.74, 6) is -0.163. The van der Waals surface area contributed by atoms with E-state index < -0.39 is 0 Å². The lowest BCUT2D eigenvalue weighted by atomic mass is 9.90. The number of benzene rings is 3. The van der Waals surface area contributed by atoms with Crippen molar-refractivity contribution in [1.29, 1.82) is 0 Å². The quantitative estimate of drug-likeness (QED) is 0.408. The maximum absolute atomic E-state index is 13.0. The highest BCUT2D eigenvalue weighted by atomic mass is 35.5. The largest absolute Gasteiger partial charge is 0.355 e. The van der Waals surface area contributed by atoms with Crippen molar-refractivity contribution < 1.29 is 9.59 Å². The fourth-order valence-corrected chi connectivity index (χ4v) is 4.51. The summed E-state index contributed by atoms with van der Waals surface area (Å²) in [6.07, 6.45) is 0.573. The third-order valence-corrected chi connectivity index (χ3v) is 6.26. The molecule has 1 saturated heterocycles. The molecule has 4 rings (SSSR count). The number of carbonyl (C=O) groups excluding carboxylic acids is 2. The molecule has 7 heteroatoms. The zero-order valence-electron chi connectivity index (χ0n) is 18.8. The van der Waals surface area contributed by atoms with Gasteiger partial charge in [0.2, 0.25) is 5.91 Å². The van der Waals surface area contributed by atoms with Crippen LogP contribution in [0.4, 0.5) is 10.5 Å². The van der Waals surface area contributed by atoms with E-state index in [2.05, 4.69) is 45.5 Å². The fourth-order valence-electron chi connectivity index (χ4n) is 4.32. The van der Waals surface area contributed by atoms with E-state index in [1.54, 1.807) is 24.3 Å². The van der Waals surface area contributed by atoms with Crippen molar-refractivity contribution in [3.63, 3.8) is 0 Å². The molecule has 1 aliphatic heterocycles. The van der Waals surface area contributed by atoms with Gasteiger partial charge in [-0.2, -0.15) is 0 Å². The summed E-state index contributed by atoms with van der Waals surface area (Å²) >= 11 is 5.98. The van der Waals surface area contributed by atoms with Crippen LogP contribution >= 0.6 is 11.6 Å². The molecule has 2 unspecified atom stereocenters. The molecule has 0 radical (unpaired) electrons. The molecule has 1 aliphatic rings. The van der Waals surface area contributed by atoms with Crippen LogP contribution < -0.4 is 21.3 Å². The van der Waals surface area contributed by atoms with Crippen LogP contribution in [0.5, 0.6) is 0 Å². The molecule has 3 aromatic rings. The van der Waals surface area contributed by atoms with Crippen LogP contribution in [0.25, 0.3) is 0 Å². The second-order valence-electron chi connectivity index (χ2n) is 8.52. The van der Waals surface area contributed by atoms with Crippen molar-refractivity contribution in [1.82, 2.24) is 16.0 Å². The molecule has 0 aliphatic carbocycles. The van der Waals surface area contributed by atoms with Crippen LogP contribution in [-0.2, 0) is 4.79 Å². The molecule has 0 aromatic heterocycles. The Hall–Kier alpha value is -3.35. The molecule has 1 heterocycles. The number of piperidine rings is 1. The second-order valence-corrected chi connectivity index (χ2v) is 8.95. The van der Waals surface area contributed by atoms with Gasteiger partial charge in [0.25, 0.3) is 0 Å². The lowest BCUT2D eigenvalue weighted by molar-refractivity contribution is -0.125. The summed E-state index contributed by atoms with van der Waals surface area (Å²) in [5.41, 5.74) is 2.94. The van der Waals surface area contributed by atoms with Crippen LogP contribution in [-0.4, -0.2) is 37.6 Å². The molecule has 34 heavy (non-hydrogen) atoms.